The van der Waals surface area contributed by atoms with Crippen LogP contribution in [-0.2, 0) is 0 Å². The summed E-state index contributed by atoms with van der Waals surface area (Å²) >= 11 is 0. The van der Waals surface area contributed by atoms with E-state index in [9.17, 15) is 28.1 Å². The fourth-order valence-corrected chi connectivity index (χ4v) is 2.01. The molecule has 2 aromatic carbocycles. The highest BCUT2D eigenvalue weighted by atomic mass is 19.4. The number of rotatable bonds is 4. The summed E-state index contributed by atoms with van der Waals surface area (Å²) < 4.78 is 39.9. The number of nitrogens with one attached hydrogen (secondary N) is 1. The quantitative estimate of drug-likeness (QED) is 0.672. The second-order valence-corrected chi connectivity index (χ2v) is 4.73. The average Bonchev–Trinajstić information content (AvgIpc) is 2.47. The van der Waals surface area contributed by atoms with E-state index in [0.29, 0.717) is 0 Å². The van der Waals surface area contributed by atoms with Crippen molar-refractivity contribution in [3.8, 4) is 5.75 Å². The lowest BCUT2D eigenvalue weighted by Crippen LogP contribution is -2.17. The highest BCUT2D eigenvalue weighted by Crippen LogP contribution is 2.25. The third-order valence-electron chi connectivity index (χ3n) is 3.09. The molecular weight excluding hydrogens is 329 g/mol. The van der Waals surface area contributed by atoms with E-state index in [1.54, 1.807) is 0 Å². The van der Waals surface area contributed by atoms with E-state index in [2.05, 4.69) is 10.1 Å². The Balaban J connectivity index is 2.16. The van der Waals surface area contributed by atoms with E-state index in [4.69, 9.17) is 0 Å². The summed E-state index contributed by atoms with van der Waals surface area (Å²) in [6, 6.07) is 8.61. The largest absolute Gasteiger partial charge is 0.573 e. The van der Waals surface area contributed by atoms with Crippen LogP contribution in [0.3, 0.4) is 0 Å². The Kier molecular flexibility index (Phi) is 4.72. The number of hydrogen-bond donors (Lipinski definition) is 1. The predicted molar refractivity (Wildman–Crippen MR) is 78.9 cm³/mol. The summed E-state index contributed by atoms with van der Waals surface area (Å²) in [7, 11) is 0. The van der Waals surface area contributed by atoms with Crippen LogP contribution in [0.25, 0.3) is 0 Å². The van der Waals surface area contributed by atoms with Crippen LogP contribution in [0.15, 0.2) is 42.5 Å². The molecule has 24 heavy (non-hydrogen) atoms. The average molecular weight is 340 g/mol. The van der Waals surface area contributed by atoms with Crippen LogP contribution < -0.4 is 10.1 Å². The molecule has 0 radical (unpaired) electrons. The van der Waals surface area contributed by atoms with Gasteiger partial charge in [-0.25, -0.2) is 0 Å². The maximum absolute atomic E-state index is 12.2. The maximum atomic E-state index is 12.2. The van der Waals surface area contributed by atoms with Crippen molar-refractivity contribution in [1.82, 2.24) is 0 Å². The third-order valence-corrected chi connectivity index (χ3v) is 3.09. The van der Waals surface area contributed by atoms with Crippen LogP contribution in [0.5, 0.6) is 5.75 Å². The van der Waals surface area contributed by atoms with Crippen LogP contribution in [0.4, 0.5) is 24.5 Å². The summed E-state index contributed by atoms with van der Waals surface area (Å²) in [5, 5.41) is 13.3. The number of hydrogen-bond acceptors (Lipinski definition) is 4. The van der Waals surface area contributed by atoms with Gasteiger partial charge < -0.3 is 10.1 Å². The first-order valence-corrected chi connectivity index (χ1v) is 6.58. The van der Waals surface area contributed by atoms with Gasteiger partial charge in [0.2, 0.25) is 0 Å². The van der Waals surface area contributed by atoms with E-state index >= 15 is 0 Å². The number of nitro groups is 1. The van der Waals surface area contributed by atoms with E-state index in [-0.39, 0.29) is 22.5 Å². The first-order valence-electron chi connectivity index (χ1n) is 6.58. The molecule has 0 unspecified atom stereocenters. The summed E-state index contributed by atoms with van der Waals surface area (Å²) in [6.45, 7) is 1.44. The first kappa shape index (κ1) is 17.3. The Morgan fingerprint density at radius 3 is 2.33 bits per heavy atom. The van der Waals surface area contributed by atoms with Crippen molar-refractivity contribution in [2.75, 3.05) is 5.32 Å². The van der Waals surface area contributed by atoms with Crippen molar-refractivity contribution in [2.45, 2.75) is 13.3 Å². The smallest absolute Gasteiger partial charge is 0.406 e. The van der Waals surface area contributed by atoms with Crippen molar-refractivity contribution in [3.05, 3.63) is 63.7 Å². The molecule has 0 aliphatic carbocycles. The summed E-state index contributed by atoms with van der Waals surface area (Å²) in [5.74, 6) is -1.03. The fourth-order valence-electron chi connectivity index (χ4n) is 2.01. The van der Waals surface area contributed by atoms with Gasteiger partial charge in [0.05, 0.1) is 4.92 Å². The van der Waals surface area contributed by atoms with Crippen molar-refractivity contribution in [3.63, 3.8) is 0 Å². The van der Waals surface area contributed by atoms with E-state index in [1.807, 2.05) is 0 Å². The molecule has 6 nitrogen and oxygen atoms in total. The van der Waals surface area contributed by atoms with Crippen LogP contribution in [0.2, 0.25) is 0 Å². The first-order chi connectivity index (χ1) is 11.2. The van der Waals surface area contributed by atoms with Gasteiger partial charge in [-0.15, -0.1) is 13.2 Å². The monoisotopic (exact) mass is 340 g/mol. The molecule has 0 saturated heterocycles. The molecule has 2 aromatic rings. The third kappa shape index (κ3) is 4.22. The molecule has 2 rings (SSSR count). The zero-order chi connectivity index (χ0) is 17.9. The zero-order valence-electron chi connectivity index (χ0n) is 12.3. The van der Waals surface area contributed by atoms with E-state index < -0.39 is 22.9 Å². The summed E-state index contributed by atoms with van der Waals surface area (Å²) in [5.41, 5.74) is 0.314. The number of amides is 1. The standard InChI is InChI=1S/C15H11F3N2O4/c1-9-12(3-2-4-13(9)20(22)23)14(21)19-10-5-7-11(8-6-10)24-15(16,17)18/h2-8H,1H3,(H,19,21). The van der Waals surface area contributed by atoms with Gasteiger partial charge >= 0.3 is 6.36 Å². The Morgan fingerprint density at radius 2 is 1.79 bits per heavy atom. The van der Waals surface area contributed by atoms with Crippen molar-refractivity contribution >= 4 is 17.3 Å². The molecule has 0 saturated carbocycles. The van der Waals surface area contributed by atoms with Crippen LogP contribution in [-0.4, -0.2) is 17.2 Å². The molecule has 0 fully saturated rings. The second kappa shape index (κ2) is 6.57. The SMILES string of the molecule is Cc1c(C(=O)Nc2ccc(OC(F)(F)F)cc2)cccc1[N+](=O)[O-]. The van der Waals surface area contributed by atoms with E-state index in [0.717, 1.165) is 12.1 Å². The number of anilines is 1. The lowest BCUT2D eigenvalue weighted by molar-refractivity contribution is -0.385. The van der Waals surface area contributed by atoms with Gasteiger partial charge in [0, 0.05) is 22.9 Å². The number of nitro benzene ring substituents is 1. The number of halogens is 3. The normalized spacial score (nSPS) is 11.0. The highest BCUT2D eigenvalue weighted by molar-refractivity contribution is 6.05. The van der Waals surface area contributed by atoms with Crippen LogP contribution >= 0.6 is 0 Å². The number of carbonyl (C=O) groups excluding carboxylic acids is 1. The molecule has 9 heteroatoms. The predicted octanol–water partition coefficient (Wildman–Crippen LogP) is 4.05. The second-order valence-electron chi connectivity index (χ2n) is 4.73. The van der Waals surface area contributed by atoms with E-state index in [1.165, 1.54) is 37.3 Å². The van der Waals surface area contributed by atoms with Crippen molar-refractivity contribution in [1.29, 1.82) is 0 Å². The minimum absolute atomic E-state index is 0.0971. The summed E-state index contributed by atoms with van der Waals surface area (Å²) in [6.07, 6.45) is -4.80. The summed E-state index contributed by atoms with van der Waals surface area (Å²) in [4.78, 5) is 22.5. The number of ether oxygens (including phenoxy) is 1. The molecule has 1 amide bonds. The topological polar surface area (TPSA) is 81.5 Å². The number of alkyl halides is 3. The molecule has 0 spiro atoms. The van der Waals surface area contributed by atoms with Crippen molar-refractivity contribution in [2.24, 2.45) is 0 Å². The van der Waals surface area contributed by atoms with Gasteiger partial charge in [-0.3, -0.25) is 14.9 Å². The molecule has 0 aromatic heterocycles. The van der Waals surface area contributed by atoms with Gasteiger partial charge in [0.25, 0.3) is 11.6 Å². The number of carbonyl (C=O) groups is 1. The fraction of sp³-hybridized carbons (Fsp3) is 0.133. The van der Waals surface area contributed by atoms with Crippen LogP contribution in [0, 0.1) is 17.0 Å². The maximum Gasteiger partial charge on any atom is 0.573 e. The van der Waals surface area contributed by atoms with Crippen LogP contribution in [0.1, 0.15) is 15.9 Å². The molecule has 0 bridgehead atoms. The Labute approximate surface area is 134 Å². The Hall–Kier alpha value is -3.10. The van der Waals surface area contributed by atoms with Gasteiger partial charge in [0.1, 0.15) is 5.75 Å². The Bertz CT molecular complexity index is 773. The zero-order valence-corrected chi connectivity index (χ0v) is 12.3. The lowest BCUT2D eigenvalue weighted by Gasteiger charge is -2.10. The molecule has 126 valence electrons. The molecule has 1 N–H and O–H groups in total. The Morgan fingerprint density at radius 1 is 1.17 bits per heavy atom. The van der Waals surface area contributed by atoms with Crippen molar-refractivity contribution < 1.29 is 27.6 Å². The van der Waals surface area contributed by atoms with Gasteiger partial charge in [-0.05, 0) is 37.3 Å². The molecular formula is C15H11F3N2O4. The van der Waals surface area contributed by atoms with Gasteiger partial charge in [-0.2, -0.15) is 0 Å². The van der Waals surface area contributed by atoms with Gasteiger partial charge in [0.15, 0.2) is 0 Å². The molecule has 0 aliphatic heterocycles. The number of nitrogens with zero attached hydrogens (tertiary/aromatic N) is 1. The minimum atomic E-state index is -4.80. The molecule has 0 heterocycles. The minimum Gasteiger partial charge on any atom is -0.406 e. The molecule has 0 aliphatic rings. The molecule has 0 atom stereocenters. The van der Waals surface area contributed by atoms with Gasteiger partial charge in [-0.1, -0.05) is 6.07 Å². The number of benzene rings is 2. The highest BCUT2D eigenvalue weighted by Gasteiger charge is 2.31. The lowest BCUT2D eigenvalue weighted by atomic mass is 10.1.